The van der Waals surface area contributed by atoms with E-state index < -0.39 is 16.1 Å². The molecule has 110 valence electrons. The van der Waals surface area contributed by atoms with Gasteiger partial charge in [-0.1, -0.05) is 12.1 Å². The monoisotopic (exact) mass is 297 g/mol. The van der Waals surface area contributed by atoms with Crippen molar-refractivity contribution >= 4 is 21.6 Å². The highest BCUT2D eigenvalue weighted by molar-refractivity contribution is 7.89. The lowest BCUT2D eigenvalue weighted by molar-refractivity contribution is -0.121. The van der Waals surface area contributed by atoms with Crippen LogP contribution < -0.4 is 15.4 Å². The van der Waals surface area contributed by atoms with Crippen LogP contribution in [0.25, 0.3) is 0 Å². The Hall–Kier alpha value is -1.60. The molecule has 1 fully saturated rings. The zero-order valence-corrected chi connectivity index (χ0v) is 12.3. The second kappa shape index (κ2) is 5.80. The number of hydrogen-bond donors (Lipinski definition) is 3. The number of anilines is 1. The lowest BCUT2D eigenvalue weighted by atomic mass is 10.2. The van der Waals surface area contributed by atoms with Gasteiger partial charge in [-0.3, -0.25) is 4.79 Å². The number of sulfonamides is 1. The molecular weight excluding hydrogens is 278 g/mol. The molecule has 0 heterocycles. The van der Waals surface area contributed by atoms with Crippen molar-refractivity contribution in [3.8, 4) is 0 Å². The minimum atomic E-state index is -3.56. The Balaban J connectivity index is 2.14. The molecule has 0 aromatic heterocycles. The van der Waals surface area contributed by atoms with E-state index in [1.54, 1.807) is 25.1 Å². The predicted molar refractivity (Wildman–Crippen MR) is 76.9 cm³/mol. The standard InChI is InChI=1S/C13H19N3O3S/c1-9(13(17)16-10-7-8-10)15-11-5-3-4-6-12(11)20(18,19)14-2/h3-6,9-10,14-15H,7-8H2,1-2H3,(H,16,17). The second-order valence-corrected chi connectivity index (χ2v) is 6.71. The summed E-state index contributed by atoms with van der Waals surface area (Å²) in [5.41, 5.74) is 0.417. The van der Waals surface area contributed by atoms with Crippen LogP contribution in [0, 0.1) is 0 Å². The Morgan fingerprint density at radius 2 is 1.95 bits per heavy atom. The van der Waals surface area contributed by atoms with Crippen LogP contribution in [-0.4, -0.2) is 33.5 Å². The molecule has 2 rings (SSSR count). The first-order chi connectivity index (χ1) is 9.44. The molecule has 0 aliphatic heterocycles. The summed E-state index contributed by atoms with van der Waals surface area (Å²) in [6, 6.07) is 6.30. The van der Waals surface area contributed by atoms with Crippen LogP contribution in [0.3, 0.4) is 0 Å². The van der Waals surface area contributed by atoms with E-state index in [0.29, 0.717) is 5.69 Å². The van der Waals surface area contributed by atoms with Crippen LogP contribution in [0.1, 0.15) is 19.8 Å². The van der Waals surface area contributed by atoms with Gasteiger partial charge in [0.25, 0.3) is 0 Å². The van der Waals surface area contributed by atoms with E-state index in [9.17, 15) is 13.2 Å². The molecule has 1 aromatic rings. The Labute approximate surface area is 119 Å². The van der Waals surface area contributed by atoms with Gasteiger partial charge in [-0.25, -0.2) is 13.1 Å². The summed E-state index contributed by atoms with van der Waals surface area (Å²) in [4.78, 5) is 12.0. The van der Waals surface area contributed by atoms with Gasteiger partial charge in [0.05, 0.1) is 5.69 Å². The van der Waals surface area contributed by atoms with Crippen LogP contribution in [0.15, 0.2) is 29.2 Å². The number of hydrogen-bond acceptors (Lipinski definition) is 4. The molecule has 20 heavy (non-hydrogen) atoms. The van der Waals surface area contributed by atoms with Crippen molar-refractivity contribution in [2.45, 2.75) is 36.7 Å². The third kappa shape index (κ3) is 3.49. The van der Waals surface area contributed by atoms with Crippen LogP contribution in [0.4, 0.5) is 5.69 Å². The van der Waals surface area contributed by atoms with E-state index >= 15 is 0 Å². The zero-order valence-electron chi connectivity index (χ0n) is 11.5. The Kier molecular flexibility index (Phi) is 4.29. The van der Waals surface area contributed by atoms with Crippen molar-refractivity contribution < 1.29 is 13.2 Å². The van der Waals surface area contributed by atoms with Crippen molar-refractivity contribution in [1.82, 2.24) is 10.0 Å². The normalized spacial score (nSPS) is 16.5. The molecule has 1 unspecified atom stereocenters. The zero-order chi connectivity index (χ0) is 14.8. The molecule has 0 spiro atoms. The van der Waals surface area contributed by atoms with Crippen molar-refractivity contribution in [1.29, 1.82) is 0 Å². The molecule has 6 nitrogen and oxygen atoms in total. The molecular formula is C13H19N3O3S. The first kappa shape index (κ1) is 14.8. The topological polar surface area (TPSA) is 87.3 Å². The van der Waals surface area contributed by atoms with Crippen LogP contribution in [0.5, 0.6) is 0 Å². The summed E-state index contributed by atoms with van der Waals surface area (Å²) in [5, 5.41) is 5.83. The lowest BCUT2D eigenvalue weighted by Crippen LogP contribution is -2.39. The molecule has 1 aromatic carbocycles. The van der Waals surface area contributed by atoms with Gasteiger partial charge >= 0.3 is 0 Å². The van der Waals surface area contributed by atoms with Gasteiger partial charge in [0, 0.05) is 6.04 Å². The van der Waals surface area contributed by atoms with Crippen LogP contribution >= 0.6 is 0 Å². The predicted octanol–water partition coefficient (Wildman–Crippen LogP) is 0.674. The molecule has 0 saturated heterocycles. The maximum atomic E-state index is 11.9. The molecule has 1 atom stereocenters. The summed E-state index contributed by atoms with van der Waals surface area (Å²) < 4.78 is 26.1. The molecule has 0 radical (unpaired) electrons. The molecule has 1 aliphatic rings. The average molecular weight is 297 g/mol. The molecule has 1 saturated carbocycles. The number of rotatable bonds is 6. The number of carbonyl (C=O) groups is 1. The van der Waals surface area contributed by atoms with Gasteiger partial charge in [0.15, 0.2) is 0 Å². The SMILES string of the molecule is CNS(=O)(=O)c1ccccc1NC(C)C(=O)NC1CC1. The lowest BCUT2D eigenvalue weighted by Gasteiger charge is -2.17. The number of nitrogens with one attached hydrogen (secondary N) is 3. The third-order valence-electron chi connectivity index (χ3n) is 3.13. The van der Waals surface area contributed by atoms with Crippen molar-refractivity contribution in [2.75, 3.05) is 12.4 Å². The Morgan fingerprint density at radius 1 is 1.30 bits per heavy atom. The maximum absolute atomic E-state index is 11.9. The second-order valence-electron chi connectivity index (χ2n) is 4.85. The Bertz CT molecular complexity index is 597. The minimum Gasteiger partial charge on any atom is -0.373 e. The largest absolute Gasteiger partial charge is 0.373 e. The van der Waals surface area contributed by atoms with Crippen LogP contribution in [-0.2, 0) is 14.8 Å². The molecule has 1 amide bonds. The summed E-state index contributed by atoms with van der Waals surface area (Å²) >= 11 is 0. The van der Waals surface area contributed by atoms with Crippen molar-refractivity contribution in [3.63, 3.8) is 0 Å². The van der Waals surface area contributed by atoms with E-state index in [4.69, 9.17) is 0 Å². The first-order valence-corrected chi connectivity index (χ1v) is 8.02. The van der Waals surface area contributed by atoms with E-state index in [0.717, 1.165) is 12.8 Å². The molecule has 7 heteroatoms. The number of benzene rings is 1. The average Bonchev–Trinajstić information content (AvgIpc) is 3.23. The summed E-state index contributed by atoms with van der Waals surface area (Å²) in [6.07, 6.45) is 2.03. The highest BCUT2D eigenvalue weighted by Gasteiger charge is 2.26. The number of amides is 1. The molecule has 0 bridgehead atoms. The fourth-order valence-corrected chi connectivity index (χ4v) is 2.68. The first-order valence-electron chi connectivity index (χ1n) is 6.53. The number of carbonyl (C=O) groups excluding carboxylic acids is 1. The summed E-state index contributed by atoms with van der Waals surface area (Å²) in [5.74, 6) is -0.121. The number of para-hydroxylation sites is 1. The van der Waals surface area contributed by atoms with E-state index in [2.05, 4.69) is 15.4 Å². The summed E-state index contributed by atoms with van der Waals surface area (Å²) in [7, 11) is -2.20. The van der Waals surface area contributed by atoms with Crippen molar-refractivity contribution in [2.24, 2.45) is 0 Å². The quantitative estimate of drug-likeness (QED) is 0.720. The maximum Gasteiger partial charge on any atom is 0.242 e. The van der Waals surface area contributed by atoms with Gasteiger partial charge in [0.1, 0.15) is 10.9 Å². The van der Waals surface area contributed by atoms with E-state index in [1.165, 1.54) is 13.1 Å². The van der Waals surface area contributed by atoms with Crippen LogP contribution in [0.2, 0.25) is 0 Å². The fourth-order valence-electron chi connectivity index (χ4n) is 1.78. The van der Waals surface area contributed by atoms with Crippen molar-refractivity contribution in [3.05, 3.63) is 24.3 Å². The van der Waals surface area contributed by atoms with Gasteiger partial charge in [0.2, 0.25) is 15.9 Å². The van der Waals surface area contributed by atoms with Gasteiger partial charge in [-0.2, -0.15) is 0 Å². The highest BCUT2D eigenvalue weighted by Crippen LogP contribution is 2.22. The summed E-state index contributed by atoms with van der Waals surface area (Å²) in [6.45, 7) is 1.71. The smallest absolute Gasteiger partial charge is 0.242 e. The Morgan fingerprint density at radius 3 is 2.55 bits per heavy atom. The highest BCUT2D eigenvalue weighted by atomic mass is 32.2. The van der Waals surface area contributed by atoms with E-state index in [-0.39, 0.29) is 16.8 Å². The van der Waals surface area contributed by atoms with Gasteiger partial charge in [-0.15, -0.1) is 0 Å². The van der Waals surface area contributed by atoms with Gasteiger partial charge in [-0.05, 0) is 38.9 Å². The third-order valence-corrected chi connectivity index (χ3v) is 4.61. The molecule has 1 aliphatic carbocycles. The molecule has 3 N–H and O–H groups in total. The van der Waals surface area contributed by atoms with Gasteiger partial charge < -0.3 is 10.6 Å². The van der Waals surface area contributed by atoms with E-state index in [1.807, 2.05) is 0 Å². The minimum absolute atomic E-state index is 0.121. The fraction of sp³-hybridized carbons (Fsp3) is 0.462.